The second kappa shape index (κ2) is 7.51. The molecule has 6 nitrogen and oxygen atoms in total. The predicted octanol–water partition coefficient (Wildman–Crippen LogP) is 1.49. The van der Waals surface area contributed by atoms with Crippen molar-refractivity contribution >= 4 is 23.6 Å². The van der Waals surface area contributed by atoms with Crippen LogP contribution in [0.5, 0.6) is 5.75 Å². The number of hydrogen-bond donors (Lipinski definition) is 1. The Morgan fingerprint density at radius 2 is 2.00 bits per heavy atom. The Balaban J connectivity index is 1.94. The van der Waals surface area contributed by atoms with E-state index in [2.05, 4.69) is 0 Å². The second-order valence-electron chi connectivity index (χ2n) is 4.96. The number of amides is 1. The zero-order valence-corrected chi connectivity index (χ0v) is 13.3. The number of rotatable bonds is 6. The van der Waals surface area contributed by atoms with Crippen molar-refractivity contribution < 1.29 is 24.2 Å². The van der Waals surface area contributed by atoms with E-state index in [1.807, 2.05) is 24.3 Å². The highest BCUT2D eigenvalue weighted by Crippen LogP contribution is 2.25. The quantitative estimate of drug-likeness (QED) is 0.799. The molecule has 1 heterocycles. The maximum atomic E-state index is 12.3. The molecule has 7 heteroatoms. The summed E-state index contributed by atoms with van der Waals surface area (Å²) in [4.78, 5) is 25.9. The number of carboxylic acid groups (broad SMARTS) is 1. The van der Waals surface area contributed by atoms with Gasteiger partial charge in [-0.3, -0.25) is 4.79 Å². The maximum Gasteiger partial charge on any atom is 0.326 e. The van der Waals surface area contributed by atoms with E-state index in [1.54, 1.807) is 7.11 Å². The molecule has 1 N–H and O–H groups in total. The van der Waals surface area contributed by atoms with Crippen molar-refractivity contribution in [2.24, 2.45) is 0 Å². The molecule has 2 unspecified atom stereocenters. The third kappa shape index (κ3) is 3.92. The van der Waals surface area contributed by atoms with Gasteiger partial charge in [0.05, 0.1) is 19.0 Å². The van der Waals surface area contributed by atoms with Crippen molar-refractivity contribution in [3.63, 3.8) is 0 Å². The Morgan fingerprint density at radius 1 is 1.32 bits per heavy atom. The number of carbonyl (C=O) groups excluding carboxylic acids is 1. The number of carbonyl (C=O) groups is 2. The molecule has 22 heavy (non-hydrogen) atoms. The SMILES string of the molecule is COc1ccc(SCC(=O)N2CC(OC)CC2C(=O)O)cc1. The minimum atomic E-state index is -0.984. The Morgan fingerprint density at radius 3 is 2.55 bits per heavy atom. The minimum absolute atomic E-state index is 0.187. The van der Waals surface area contributed by atoms with E-state index < -0.39 is 12.0 Å². The van der Waals surface area contributed by atoms with Crippen molar-refractivity contribution in [1.29, 1.82) is 0 Å². The zero-order chi connectivity index (χ0) is 16.1. The van der Waals surface area contributed by atoms with Crippen LogP contribution in [0.2, 0.25) is 0 Å². The fourth-order valence-electron chi connectivity index (χ4n) is 2.38. The van der Waals surface area contributed by atoms with Crippen LogP contribution in [0.4, 0.5) is 0 Å². The molecule has 0 spiro atoms. The topological polar surface area (TPSA) is 76.1 Å². The van der Waals surface area contributed by atoms with E-state index in [9.17, 15) is 14.7 Å². The van der Waals surface area contributed by atoms with Crippen molar-refractivity contribution in [2.45, 2.75) is 23.5 Å². The third-order valence-corrected chi connectivity index (χ3v) is 4.62. The number of ether oxygens (including phenoxy) is 2. The lowest BCUT2D eigenvalue weighted by Crippen LogP contribution is -2.41. The van der Waals surface area contributed by atoms with Crippen molar-refractivity contribution in [3.8, 4) is 5.75 Å². The van der Waals surface area contributed by atoms with Gasteiger partial charge >= 0.3 is 5.97 Å². The van der Waals surface area contributed by atoms with E-state index >= 15 is 0 Å². The van der Waals surface area contributed by atoms with E-state index in [-0.39, 0.29) is 17.8 Å². The van der Waals surface area contributed by atoms with Gasteiger partial charge < -0.3 is 19.5 Å². The second-order valence-corrected chi connectivity index (χ2v) is 6.01. The van der Waals surface area contributed by atoms with Crippen LogP contribution in [0.3, 0.4) is 0 Å². The lowest BCUT2D eigenvalue weighted by atomic mass is 10.2. The lowest BCUT2D eigenvalue weighted by Gasteiger charge is -2.21. The van der Waals surface area contributed by atoms with Crippen molar-refractivity contribution in [3.05, 3.63) is 24.3 Å². The maximum absolute atomic E-state index is 12.3. The van der Waals surface area contributed by atoms with Gasteiger partial charge in [-0.25, -0.2) is 4.79 Å². The molecular formula is C15H19NO5S. The zero-order valence-electron chi connectivity index (χ0n) is 12.5. The molecule has 0 saturated carbocycles. The van der Waals surface area contributed by atoms with E-state index in [4.69, 9.17) is 9.47 Å². The van der Waals surface area contributed by atoms with E-state index in [0.29, 0.717) is 13.0 Å². The summed E-state index contributed by atoms with van der Waals surface area (Å²) in [5.74, 6) is -0.216. The van der Waals surface area contributed by atoms with E-state index in [0.717, 1.165) is 10.6 Å². The van der Waals surface area contributed by atoms with Gasteiger partial charge in [0.25, 0.3) is 0 Å². The number of aliphatic carboxylic acids is 1. The average Bonchev–Trinajstić information content (AvgIpc) is 2.98. The third-order valence-electron chi connectivity index (χ3n) is 3.62. The van der Waals surface area contributed by atoms with Crippen LogP contribution >= 0.6 is 11.8 Å². The number of methoxy groups -OCH3 is 2. The molecule has 0 aliphatic carbocycles. The van der Waals surface area contributed by atoms with Crippen molar-refractivity contribution in [1.82, 2.24) is 4.90 Å². The largest absolute Gasteiger partial charge is 0.497 e. The smallest absolute Gasteiger partial charge is 0.326 e. The fraction of sp³-hybridized carbons (Fsp3) is 0.467. The standard InChI is InChI=1S/C15H19NO5S/c1-20-10-3-5-12(6-4-10)22-9-14(17)16-8-11(21-2)7-13(16)15(18)19/h3-6,11,13H,7-9H2,1-2H3,(H,18,19). The molecule has 2 atom stereocenters. The van der Waals surface area contributed by atoms with Crippen LogP contribution in [0.1, 0.15) is 6.42 Å². The Hall–Kier alpha value is -1.73. The van der Waals surface area contributed by atoms with Gasteiger partial charge in [-0.1, -0.05) is 0 Å². The van der Waals surface area contributed by atoms with Gasteiger partial charge in [0, 0.05) is 25.0 Å². The summed E-state index contributed by atoms with van der Waals surface area (Å²) < 4.78 is 10.3. The van der Waals surface area contributed by atoms with Crippen LogP contribution in [-0.4, -0.2) is 60.5 Å². The van der Waals surface area contributed by atoms with Crippen LogP contribution in [-0.2, 0) is 14.3 Å². The number of nitrogens with zero attached hydrogens (tertiary/aromatic N) is 1. The molecule has 0 radical (unpaired) electrons. The first-order valence-corrected chi connectivity index (χ1v) is 7.85. The van der Waals surface area contributed by atoms with Crippen LogP contribution in [0, 0.1) is 0 Å². The molecule has 120 valence electrons. The molecule has 2 rings (SSSR count). The highest BCUT2D eigenvalue weighted by Gasteiger charge is 2.39. The first-order valence-electron chi connectivity index (χ1n) is 6.87. The Labute approximate surface area is 133 Å². The Bertz CT molecular complexity index is 533. The van der Waals surface area contributed by atoms with Gasteiger partial charge in [-0.15, -0.1) is 11.8 Å². The molecule has 1 aromatic carbocycles. The lowest BCUT2D eigenvalue weighted by molar-refractivity contribution is -0.147. The molecule has 1 amide bonds. The molecule has 1 aliphatic rings. The summed E-state index contributed by atoms with van der Waals surface area (Å²) in [6.45, 7) is 0.329. The number of carboxylic acids is 1. The van der Waals surface area contributed by atoms with Crippen LogP contribution < -0.4 is 4.74 Å². The first-order chi connectivity index (χ1) is 10.5. The first kappa shape index (κ1) is 16.6. The van der Waals surface area contributed by atoms with Gasteiger partial charge in [-0.2, -0.15) is 0 Å². The summed E-state index contributed by atoms with van der Waals surface area (Å²) >= 11 is 1.38. The molecule has 1 fully saturated rings. The summed E-state index contributed by atoms with van der Waals surface area (Å²) in [6, 6.07) is 6.59. The fourth-order valence-corrected chi connectivity index (χ4v) is 3.16. The predicted molar refractivity (Wildman–Crippen MR) is 82.3 cm³/mol. The minimum Gasteiger partial charge on any atom is -0.497 e. The molecule has 0 aromatic heterocycles. The van der Waals surface area contributed by atoms with Gasteiger partial charge in [0.2, 0.25) is 5.91 Å². The number of benzene rings is 1. The Kier molecular flexibility index (Phi) is 5.68. The summed E-state index contributed by atoms with van der Waals surface area (Å²) in [6.07, 6.45) is 0.126. The normalized spacial score (nSPS) is 20.9. The summed E-state index contributed by atoms with van der Waals surface area (Å²) in [5, 5.41) is 9.22. The monoisotopic (exact) mass is 325 g/mol. The van der Waals surface area contributed by atoms with Gasteiger partial charge in [0.1, 0.15) is 11.8 Å². The van der Waals surface area contributed by atoms with Crippen LogP contribution in [0.15, 0.2) is 29.2 Å². The summed E-state index contributed by atoms with van der Waals surface area (Å²) in [5.41, 5.74) is 0. The molecule has 0 bridgehead atoms. The van der Waals surface area contributed by atoms with E-state index in [1.165, 1.54) is 23.8 Å². The molecule has 1 aromatic rings. The molecule has 1 aliphatic heterocycles. The summed E-state index contributed by atoms with van der Waals surface area (Å²) in [7, 11) is 3.13. The highest BCUT2D eigenvalue weighted by atomic mass is 32.2. The molecular weight excluding hydrogens is 306 g/mol. The van der Waals surface area contributed by atoms with Gasteiger partial charge in [-0.05, 0) is 24.3 Å². The van der Waals surface area contributed by atoms with Crippen LogP contribution in [0.25, 0.3) is 0 Å². The highest BCUT2D eigenvalue weighted by molar-refractivity contribution is 8.00. The number of hydrogen-bond acceptors (Lipinski definition) is 5. The molecule has 1 saturated heterocycles. The van der Waals surface area contributed by atoms with Gasteiger partial charge in [0.15, 0.2) is 0 Å². The number of thioether (sulfide) groups is 1. The van der Waals surface area contributed by atoms with Crippen molar-refractivity contribution in [2.75, 3.05) is 26.5 Å². The average molecular weight is 325 g/mol. The number of likely N-dealkylation sites (tertiary alicyclic amines) is 1.